The van der Waals surface area contributed by atoms with E-state index in [1.54, 1.807) is 0 Å². The number of anilines is 1. The molecule has 0 aromatic heterocycles. The highest BCUT2D eigenvalue weighted by molar-refractivity contribution is 6.32. The van der Waals surface area contributed by atoms with Gasteiger partial charge in [0.05, 0.1) is 13.2 Å². The Morgan fingerprint density at radius 1 is 1.15 bits per heavy atom. The number of carbonyl (C=O) groups excluding carboxylic acids is 1. The molecule has 1 amide bonds. The van der Waals surface area contributed by atoms with Crippen LogP contribution in [-0.2, 0) is 16.1 Å². The molecule has 1 saturated heterocycles. The lowest BCUT2D eigenvalue weighted by Crippen LogP contribution is -2.36. The van der Waals surface area contributed by atoms with Gasteiger partial charge in [0.2, 0.25) is 0 Å². The van der Waals surface area contributed by atoms with Gasteiger partial charge in [0.25, 0.3) is 5.91 Å². The Kier molecular flexibility index (Phi) is 6.58. The van der Waals surface area contributed by atoms with E-state index in [2.05, 4.69) is 22.3 Å². The average Bonchev–Trinajstić information content (AvgIpc) is 2.70. The predicted molar refractivity (Wildman–Crippen MR) is 108 cm³/mol. The van der Waals surface area contributed by atoms with Crippen LogP contribution in [0.15, 0.2) is 36.4 Å². The number of morpholine rings is 1. The van der Waals surface area contributed by atoms with Crippen LogP contribution in [0.4, 0.5) is 5.69 Å². The fourth-order valence-electron chi connectivity index (χ4n) is 3.04. The molecule has 0 bridgehead atoms. The number of ether oxygens (including phenoxy) is 2. The highest BCUT2D eigenvalue weighted by atomic mass is 35.5. The van der Waals surface area contributed by atoms with Crippen molar-refractivity contribution in [2.45, 2.75) is 20.4 Å². The molecule has 1 heterocycles. The summed E-state index contributed by atoms with van der Waals surface area (Å²) in [7, 11) is 0. The molecule has 144 valence electrons. The Bertz CT molecular complexity index is 764. The second-order valence-corrected chi connectivity index (χ2v) is 7.08. The van der Waals surface area contributed by atoms with Gasteiger partial charge in [0, 0.05) is 30.3 Å². The zero-order valence-corrected chi connectivity index (χ0v) is 16.5. The zero-order valence-electron chi connectivity index (χ0n) is 15.8. The Labute approximate surface area is 165 Å². The highest BCUT2D eigenvalue weighted by Crippen LogP contribution is 2.25. The number of hydrogen-bond donors (Lipinski definition) is 1. The second-order valence-electron chi connectivity index (χ2n) is 6.70. The molecule has 1 aliphatic rings. The topological polar surface area (TPSA) is 50.8 Å². The maximum absolute atomic E-state index is 12.1. The molecule has 0 spiro atoms. The lowest BCUT2D eigenvalue weighted by molar-refractivity contribution is -0.123. The van der Waals surface area contributed by atoms with Gasteiger partial charge in [0.15, 0.2) is 6.61 Å². The van der Waals surface area contributed by atoms with Crippen LogP contribution in [0.1, 0.15) is 16.7 Å². The first-order valence-electron chi connectivity index (χ1n) is 9.11. The van der Waals surface area contributed by atoms with E-state index in [4.69, 9.17) is 21.1 Å². The van der Waals surface area contributed by atoms with Crippen LogP contribution in [0.25, 0.3) is 0 Å². The van der Waals surface area contributed by atoms with Crippen molar-refractivity contribution in [2.24, 2.45) is 0 Å². The number of benzene rings is 2. The van der Waals surface area contributed by atoms with Crippen LogP contribution in [0.5, 0.6) is 5.75 Å². The van der Waals surface area contributed by atoms with E-state index in [9.17, 15) is 4.79 Å². The van der Waals surface area contributed by atoms with Crippen molar-refractivity contribution in [1.82, 2.24) is 5.32 Å². The Morgan fingerprint density at radius 2 is 1.78 bits per heavy atom. The molecule has 1 aliphatic heterocycles. The fourth-order valence-corrected chi connectivity index (χ4v) is 3.15. The molecule has 3 rings (SSSR count). The third kappa shape index (κ3) is 5.37. The second kappa shape index (κ2) is 9.11. The minimum Gasteiger partial charge on any atom is -0.484 e. The molecule has 0 atom stereocenters. The van der Waals surface area contributed by atoms with E-state index in [0.717, 1.165) is 48.0 Å². The lowest BCUT2D eigenvalue weighted by atomic mass is 10.1. The highest BCUT2D eigenvalue weighted by Gasteiger charge is 2.11. The Balaban J connectivity index is 1.46. The molecule has 1 fully saturated rings. The van der Waals surface area contributed by atoms with Crippen LogP contribution < -0.4 is 15.0 Å². The third-order valence-corrected chi connectivity index (χ3v) is 5.18. The summed E-state index contributed by atoms with van der Waals surface area (Å²) in [4.78, 5) is 14.4. The van der Waals surface area contributed by atoms with Crippen LogP contribution in [0, 0.1) is 13.8 Å². The molecule has 0 saturated carbocycles. The summed E-state index contributed by atoms with van der Waals surface area (Å²) < 4.78 is 11.0. The molecule has 0 aliphatic carbocycles. The average molecular weight is 389 g/mol. The molecule has 2 aromatic rings. The van der Waals surface area contributed by atoms with Gasteiger partial charge in [-0.3, -0.25) is 4.79 Å². The predicted octanol–water partition coefficient (Wildman–Crippen LogP) is 3.49. The number of rotatable bonds is 6. The fraction of sp³-hybridized carbons (Fsp3) is 0.381. The summed E-state index contributed by atoms with van der Waals surface area (Å²) in [5.41, 5.74) is 4.11. The molecule has 5 nitrogen and oxygen atoms in total. The maximum Gasteiger partial charge on any atom is 0.258 e. The SMILES string of the molecule is Cc1cc(OCC(=O)NCc2ccc(N3CCOCC3)cc2)cc(C)c1Cl. The van der Waals surface area contributed by atoms with Crippen molar-refractivity contribution in [3.8, 4) is 5.75 Å². The number of amides is 1. The van der Waals surface area contributed by atoms with Gasteiger partial charge in [-0.2, -0.15) is 0 Å². The Morgan fingerprint density at radius 3 is 2.41 bits per heavy atom. The van der Waals surface area contributed by atoms with Crippen molar-refractivity contribution in [2.75, 3.05) is 37.8 Å². The van der Waals surface area contributed by atoms with Crippen LogP contribution in [0.2, 0.25) is 5.02 Å². The normalized spacial score (nSPS) is 14.1. The number of halogens is 1. The van der Waals surface area contributed by atoms with Gasteiger partial charge < -0.3 is 19.7 Å². The summed E-state index contributed by atoms with van der Waals surface area (Å²) >= 11 is 6.15. The van der Waals surface area contributed by atoms with Crippen molar-refractivity contribution in [3.05, 3.63) is 58.1 Å². The first-order valence-corrected chi connectivity index (χ1v) is 9.48. The molecular weight excluding hydrogens is 364 g/mol. The first-order chi connectivity index (χ1) is 13.0. The molecular formula is C21H25ClN2O3. The third-order valence-electron chi connectivity index (χ3n) is 4.58. The smallest absolute Gasteiger partial charge is 0.258 e. The van der Waals surface area contributed by atoms with E-state index in [1.807, 2.05) is 38.1 Å². The van der Waals surface area contributed by atoms with E-state index < -0.39 is 0 Å². The van der Waals surface area contributed by atoms with E-state index in [0.29, 0.717) is 12.3 Å². The summed E-state index contributed by atoms with van der Waals surface area (Å²) in [5, 5.41) is 3.61. The van der Waals surface area contributed by atoms with Crippen LogP contribution in [0.3, 0.4) is 0 Å². The van der Waals surface area contributed by atoms with Crippen molar-refractivity contribution >= 4 is 23.2 Å². The van der Waals surface area contributed by atoms with Crippen LogP contribution in [-0.4, -0.2) is 38.8 Å². The monoisotopic (exact) mass is 388 g/mol. The molecule has 0 unspecified atom stereocenters. The molecule has 6 heteroatoms. The number of hydrogen-bond acceptors (Lipinski definition) is 4. The van der Waals surface area contributed by atoms with Crippen molar-refractivity contribution < 1.29 is 14.3 Å². The van der Waals surface area contributed by atoms with Crippen molar-refractivity contribution in [3.63, 3.8) is 0 Å². The van der Waals surface area contributed by atoms with Gasteiger partial charge in [-0.1, -0.05) is 23.7 Å². The minimum absolute atomic E-state index is 0.0215. The quantitative estimate of drug-likeness (QED) is 0.823. The number of carbonyl (C=O) groups is 1. The van der Waals surface area contributed by atoms with E-state index in [-0.39, 0.29) is 12.5 Å². The molecule has 27 heavy (non-hydrogen) atoms. The zero-order chi connectivity index (χ0) is 19.2. The maximum atomic E-state index is 12.1. The summed E-state index contributed by atoms with van der Waals surface area (Å²) in [6.45, 7) is 7.66. The van der Waals surface area contributed by atoms with Gasteiger partial charge in [-0.25, -0.2) is 0 Å². The number of aryl methyl sites for hydroxylation is 2. The largest absolute Gasteiger partial charge is 0.484 e. The lowest BCUT2D eigenvalue weighted by Gasteiger charge is -2.28. The van der Waals surface area contributed by atoms with Crippen molar-refractivity contribution in [1.29, 1.82) is 0 Å². The summed E-state index contributed by atoms with van der Waals surface area (Å²) in [6.07, 6.45) is 0. The van der Waals surface area contributed by atoms with Gasteiger partial charge in [-0.05, 0) is 54.8 Å². The first kappa shape index (κ1) is 19.5. The molecule has 2 aromatic carbocycles. The molecule has 0 radical (unpaired) electrons. The standard InChI is InChI=1S/C21H25ClN2O3/c1-15-11-19(12-16(2)21(15)22)27-14-20(25)23-13-17-3-5-18(6-4-17)24-7-9-26-10-8-24/h3-6,11-12H,7-10,13-14H2,1-2H3,(H,23,25). The summed E-state index contributed by atoms with van der Waals surface area (Å²) in [6, 6.07) is 11.9. The minimum atomic E-state index is -0.155. The van der Waals surface area contributed by atoms with E-state index in [1.165, 1.54) is 5.69 Å². The number of nitrogens with one attached hydrogen (secondary N) is 1. The van der Waals surface area contributed by atoms with Crippen LogP contribution >= 0.6 is 11.6 Å². The van der Waals surface area contributed by atoms with Gasteiger partial charge in [0.1, 0.15) is 5.75 Å². The van der Waals surface area contributed by atoms with Gasteiger partial charge in [-0.15, -0.1) is 0 Å². The van der Waals surface area contributed by atoms with E-state index >= 15 is 0 Å². The number of nitrogens with zero attached hydrogens (tertiary/aromatic N) is 1. The van der Waals surface area contributed by atoms with Gasteiger partial charge >= 0.3 is 0 Å². The Hall–Kier alpha value is -2.24. The molecule has 1 N–H and O–H groups in total. The summed E-state index contributed by atoms with van der Waals surface area (Å²) in [5.74, 6) is 0.497.